The fourth-order valence-electron chi connectivity index (χ4n) is 6.08. The Kier molecular flexibility index (Phi) is 9.66. The van der Waals surface area contributed by atoms with E-state index in [9.17, 15) is 13.2 Å². The molecule has 1 N–H and O–H groups in total. The first-order valence-corrected chi connectivity index (χ1v) is 16.7. The minimum Gasteiger partial charge on any atom is -0.475 e. The number of rotatable bonds is 7. The molecule has 1 fully saturated rings. The Morgan fingerprint density at radius 3 is 2.47 bits per heavy atom. The van der Waals surface area contributed by atoms with E-state index in [0.717, 1.165) is 62.0 Å². The molecule has 5 rings (SSSR count). The molecule has 1 saturated heterocycles. The number of sulfonamides is 1. The number of nitrogens with one attached hydrogen (secondary N) is 1. The van der Waals surface area contributed by atoms with Gasteiger partial charge < -0.3 is 14.4 Å². The summed E-state index contributed by atoms with van der Waals surface area (Å²) in [5, 5.41) is 0. The van der Waals surface area contributed by atoms with Crippen molar-refractivity contribution in [1.82, 2.24) is 14.9 Å². The van der Waals surface area contributed by atoms with E-state index in [4.69, 9.17) is 9.47 Å². The van der Waals surface area contributed by atoms with Crippen molar-refractivity contribution in [3.8, 4) is 17.1 Å². The number of nitrogens with zero attached hydrogens (tertiary/aromatic N) is 3. The molecule has 0 radical (unpaired) electrons. The number of aryl methyl sites for hydroxylation is 2. The normalized spacial score (nSPS) is 19.1. The maximum Gasteiger partial charge on any atom is 0.264 e. The van der Waals surface area contributed by atoms with Crippen LogP contribution >= 0.6 is 0 Å². The Hall–Kier alpha value is -3.50. The molecule has 1 aromatic heterocycles. The van der Waals surface area contributed by atoms with E-state index in [-0.39, 0.29) is 35.3 Å². The Balaban J connectivity index is 1.56. The van der Waals surface area contributed by atoms with Crippen LogP contribution in [-0.2, 0) is 14.8 Å². The van der Waals surface area contributed by atoms with Crippen LogP contribution in [0.5, 0.6) is 5.88 Å². The second kappa shape index (κ2) is 13.4. The number of amides is 1. The smallest absolute Gasteiger partial charge is 0.264 e. The molecule has 230 valence electrons. The molecule has 1 atom stereocenters. The second-order valence-electron chi connectivity index (χ2n) is 12.1. The minimum atomic E-state index is -4.10. The van der Waals surface area contributed by atoms with Gasteiger partial charge in [0, 0.05) is 37.0 Å². The standard InChI is InChI=1S/C33H42N4O5S/c1-22(2)18-27-21-42-30-20-29(31-23(3)8-5-9-24(31)4)34-33(35-30)36-43(39,40)28-12-6-11-26(19-28)32(38)37(27)15-7-10-25-13-16-41-17-14-25/h5-6,8-9,11-12,19-20,22,25,27H,7,10,13-18,21H2,1-4H3,(H,34,35,36)/t27-/m1/s1. The lowest BCUT2D eigenvalue weighted by molar-refractivity contribution is 0.0513. The molecule has 3 heterocycles. The van der Waals surface area contributed by atoms with Crippen LogP contribution < -0.4 is 9.46 Å². The zero-order chi connectivity index (χ0) is 30.6. The molecule has 9 nitrogen and oxygen atoms in total. The number of aromatic nitrogens is 2. The summed E-state index contributed by atoms with van der Waals surface area (Å²) in [7, 11) is -4.10. The first kappa shape index (κ1) is 30.9. The Labute approximate surface area is 255 Å². The van der Waals surface area contributed by atoms with Gasteiger partial charge in [0.15, 0.2) is 0 Å². The van der Waals surface area contributed by atoms with Gasteiger partial charge in [0.25, 0.3) is 15.9 Å². The number of benzene rings is 2. The number of fused-ring (bicyclic) bond motifs is 4. The fourth-order valence-corrected chi connectivity index (χ4v) is 7.07. The summed E-state index contributed by atoms with van der Waals surface area (Å²) in [6, 6.07) is 13.7. The molecule has 0 aliphatic carbocycles. The topological polar surface area (TPSA) is 111 Å². The van der Waals surface area contributed by atoms with Gasteiger partial charge >= 0.3 is 0 Å². The Morgan fingerprint density at radius 1 is 1.02 bits per heavy atom. The average Bonchev–Trinajstić information content (AvgIpc) is 2.97. The van der Waals surface area contributed by atoms with E-state index in [1.54, 1.807) is 18.2 Å². The van der Waals surface area contributed by atoms with Gasteiger partial charge in [-0.2, -0.15) is 4.98 Å². The second-order valence-corrected chi connectivity index (χ2v) is 13.8. The number of anilines is 1. The van der Waals surface area contributed by atoms with Gasteiger partial charge in [-0.3, -0.25) is 4.79 Å². The molecule has 2 aromatic carbocycles. The Morgan fingerprint density at radius 2 is 1.74 bits per heavy atom. The lowest BCUT2D eigenvalue weighted by atomic mass is 9.94. The lowest BCUT2D eigenvalue weighted by Gasteiger charge is -2.33. The molecule has 2 aliphatic rings. The van der Waals surface area contributed by atoms with Crippen molar-refractivity contribution in [2.45, 2.75) is 70.7 Å². The van der Waals surface area contributed by atoms with E-state index >= 15 is 0 Å². The van der Waals surface area contributed by atoms with Crippen LogP contribution in [0.25, 0.3) is 11.3 Å². The summed E-state index contributed by atoms with van der Waals surface area (Å²) in [6.45, 7) is 10.6. The van der Waals surface area contributed by atoms with Crippen LogP contribution in [0, 0.1) is 25.7 Å². The Bertz CT molecular complexity index is 1530. The molecular weight excluding hydrogens is 564 g/mol. The molecule has 43 heavy (non-hydrogen) atoms. The van der Waals surface area contributed by atoms with Crippen molar-refractivity contribution in [2.75, 3.05) is 31.1 Å². The summed E-state index contributed by atoms with van der Waals surface area (Å²) >= 11 is 0. The number of carbonyl (C=O) groups is 1. The van der Waals surface area contributed by atoms with Crippen LogP contribution in [0.1, 0.15) is 67.4 Å². The van der Waals surface area contributed by atoms with Gasteiger partial charge in [-0.1, -0.05) is 38.1 Å². The van der Waals surface area contributed by atoms with Gasteiger partial charge in [-0.25, -0.2) is 18.1 Å². The predicted octanol–water partition coefficient (Wildman–Crippen LogP) is 6.02. The third-order valence-corrected chi connectivity index (χ3v) is 9.60. The molecule has 1 amide bonds. The summed E-state index contributed by atoms with van der Waals surface area (Å²) in [6.07, 6.45) is 4.66. The van der Waals surface area contributed by atoms with E-state index in [2.05, 4.69) is 28.5 Å². The van der Waals surface area contributed by atoms with Crippen molar-refractivity contribution in [2.24, 2.45) is 11.8 Å². The van der Waals surface area contributed by atoms with Gasteiger partial charge in [-0.15, -0.1) is 0 Å². The van der Waals surface area contributed by atoms with E-state index in [0.29, 0.717) is 29.6 Å². The highest BCUT2D eigenvalue weighted by Gasteiger charge is 2.29. The maximum absolute atomic E-state index is 14.1. The lowest BCUT2D eigenvalue weighted by Crippen LogP contribution is -2.45. The number of ether oxygens (including phenoxy) is 2. The highest BCUT2D eigenvalue weighted by atomic mass is 32.2. The number of carbonyl (C=O) groups excluding carboxylic acids is 1. The van der Waals surface area contributed by atoms with Gasteiger partial charge in [-0.05, 0) is 87.1 Å². The predicted molar refractivity (Wildman–Crippen MR) is 167 cm³/mol. The third-order valence-electron chi connectivity index (χ3n) is 8.28. The highest BCUT2D eigenvalue weighted by molar-refractivity contribution is 7.92. The van der Waals surface area contributed by atoms with Gasteiger partial charge in [0.1, 0.15) is 6.61 Å². The zero-order valence-corrected chi connectivity index (χ0v) is 26.3. The first-order valence-electron chi connectivity index (χ1n) is 15.2. The largest absolute Gasteiger partial charge is 0.475 e. The molecule has 3 aromatic rings. The van der Waals surface area contributed by atoms with Crippen molar-refractivity contribution >= 4 is 21.9 Å². The SMILES string of the molecule is Cc1cccc(C)c1-c1cc2nc(n1)NS(=O)(=O)c1cccc(c1)C(=O)N(CCCC1CCOCC1)[C@H](CC(C)C)CO2. The average molecular weight is 607 g/mol. The van der Waals surface area contributed by atoms with E-state index in [1.165, 1.54) is 12.1 Å². The van der Waals surface area contributed by atoms with Crippen molar-refractivity contribution < 1.29 is 22.7 Å². The first-order chi connectivity index (χ1) is 20.6. The molecule has 2 aliphatic heterocycles. The summed E-state index contributed by atoms with van der Waals surface area (Å²) < 4.78 is 41.4. The molecule has 4 bridgehead atoms. The molecule has 0 spiro atoms. The summed E-state index contributed by atoms with van der Waals surface area (Å²) in [5.41, 5.74) is 3.79. The van der Waals surface area contributed by atoms with Crippen molar-refractivity contribution in [3.63, 3.8) is 0 Å². The summed E-state index contributed by atoms with van der Waals surface area (Å²) in [5.74, 6) is 0.850. The highest BCUT2D eigenvalue weighted by Crippen LogP contribution is 2.30. The van der Waals surface area contributed by atoms with E-state index < -0.39 is 10.0 Å². The van der Waals surface area contributed by atoms with Crippen LogP contribution in [-0.4, -0.2) is 61.6 Å². The zero-order valence-electron chi connectivity index (χ0n) is 25.5. The monoisotopic (exact) mass is 606 g/mol. The van der Waals surface area contributed by atoms with Crippen LogP contribution in [0.2, 0.25) is 0 Å². The molecule has 0 unspecified atom stereocenters. The quantitative estimate of drug-likeness (QED) is 0.350. The van der Waals surface area contributed by atoms with E-state index in [1.807, 2.05) is 36.9 Å². The van der Waals surface area contributed by atoms with Crippen LogP contribution in [0.4, 0.5) is 5.95 Å². The van der Waals surface area contributed by atoms with Crippen molar-refractivity contribution in [1.29, 1.82) is 0 Å². The van der Waals surface area contributed by atoms with Gasteiger partial charge in [0.05, 0.1) is 16.6 Å². The maximum atomic E-state index is 14.1. The van der Waals surface area contributed by atoms with Gasteiger partial charge in [0.2, 0.25) is 11.8 Å². The third kappa shape index (κ3) is 7.54. The van der Waals surface area contributed by atoms with Crippen LogP contribution in [0.15, 0.2) is 53.4 Å². The van der Waals surface area contributed by atoms with Crippen molar-refractivity contribution in [3.05, 3.63) is 65.2 Å². The molecule has 10 heteroatoms. The number of hydrogen-bond donors (Lipinski definition) is 1. The number of hydrogen-bond acceptors (Lipinski definition) is 7. The molecule has 0 saturated carbocycles. The minimum absolute atomic E-state index is 0.0243. The fraction of sp³-hybridized carbons (Fsp3) is 0.485. The molecular formula is C33H42N4O5S. The summed E-state index contributed by atoms with van der Waals surface area (Å²) in [4.78, 5) is 25.0. The van der Waals surface area contributed by atoms with Crippen LogP contribution in [0.3, 0.4) is 0 Å².